The fourth-order valence-electron chi connectivity index (χ4n) is 2.78. The van der Waals surface area contributed by atoms with Gasteiger partial charge < -0.3 is 10.2 Å². The van der Waals surface area contributed by atoms with E-state index in [1.54, 1.807) is 6.07 Å². The van der Waals surface area contributed by atoms with E-state index in [1.807, 2.05) is 13.8 Å². The SMILES string of the molecule is CC(C)c1nsc(NC(=O)Nc2ccc(F)cc2N2CCCCC2)n1. The Balaban J connectivity index is 1.71. The second kappa shape index (κ2) is 7.77. The number of urea groups is 1. The van der Waals surface area contributed by atoms with E-state index in [1.165, 1.54) is 18.6 Å². The Kier molecular flexibility index (Phi) is 5.47. The molecule has 134 valence electrons. The molecule has 0 saturated carbocycles. The topological polar surface area (TPSA) is 70.2 Å². The molecule has 0 aliphatic carbocycles. The number of amides is 2. The molecule has 2 aromatic rings. The lowest BCUT2D eigenvalue weighted by atomic mass is 10.1. The first-order valence-electron chi connectivity index (χ1n) is 8.49. The maximum absolute atomic E-state index is 13.7. The van der Waals surface area contributed by atoms with Crippen molar-refractivity contribution in [2.24, 2.45) is 0 Å². The van der Waals surface area contributed by atoms with Crippen LogP contribution in [0.3, 0.4) is 0 Å². The summed E-state index contributed by atoms with van der Waals surface area (Å²) in [6.45, 7) is 5.73. The van der Waals surface area contributed by atoms with Gasteiger partial charge in [0.2, 0.25) is 5.13 Å². The minimum Gasteiger partial charge on any atom is -0.370 e. The summed E-state index contributed by atoms with van der Waals surface area (Å²) in [5.74, 6) is 0.603. The van der Waals surface area contributed by atoms with Crippen LogP contribution in [0.1, 0.15) is 44.9 Å². The average Bonchev–Trinajstić information content (AvgIpc) is 3.06. The number of halogens is 1. The first kappa shape index (κ1) is 17.6. The molecule has 1 fully saturated rings. The average molecular weight is 363 g/mol. The molecule has 3 rings (SSSR count). The van der Waals surface area contributed by atoms with E-state index in [2.05, 4.69) is 24.9 Å². The van der Waals surface area contributed by atoms with Crippen molar-refractivity contribution >= 4 is 34.1 Å². The number of rotatable bonds is 4. The molecule has 6 nitrogen and oxygen atoms in total. The van der Waals surface area contributed by atoms with Crippen molar-refractivity contribution in [3.63, 3.8) is 0 Å². The summed E-state index contributed by atoms with van der Waals surface area (Å²) in [5, 5.41) is 5.94. The molecule has 0 unspecified atom stereocenters. The van der Waals surface area contributed by atoms with Crippen molar-refractivity contribution in [1.82, 2.24) is 9.36 Å². The molecule has 0 atom stereocenters. The second-order valence-electron chi connectivity index (χ2n) is 6.40. The molecule has 0 bridgehead atoms. The van der Waals surface area contributed by atoms with Gasteiger partial charge in [0.05, 0.1) is 11.4 Å². The summed E-state index contributed by atoms with van der Waals surface area (Å²) in [6.07, 6.45) is 3.33. The molecule has 1 aromatic carbocycles. The highest BCUT2D eigenvalue weighted by atomic mass is 32.1. The van der Waals surface area contributed by atoms with Gasteiger partial charge in [-0.15, -0.1) is 0 Å². The zero-order valence-corrected chi connectivity index (χ0v) is 15.2. The second-order valence-corrected chi connectivity index (χ2v) is 7.15. The van der Waals surface area contributed by atoms with E-state index in [4.69, 9.17) is 0 Å². The van der Waals surface area contributed by atoms with E-state index in [0.29, 0.717) is 16.6 Å². The molecule has 0 spiro atoms. The molecular weight excluding hydrogens is 341 g/mol. The van der Waals surface area contributed by atoms with Crippen LogP contribution in [0.15, 0.2) is 18.2 Å². The number of piperidine rings is 1. The predicted octanol–water partition coefficient (Wildman–Crippen LogP) is 4.43. The largest absolute Gasteiger partial charge is 0.370 e. The fourth-order valence-corrected chi connectivity index (χ4v) is 3.48. The number of nitrogens with one attached hydrogen (secondary N) is 2. The lowest BCUT2D eigenvalue weighted by Crippen LogP contribution is -2.31. The lowest BCUT2D eigenvalue weighted by molar-refractivity contribution is 0.262. The quantitative estimate of drug-likeness (QED) is 0.843. The Bertz CT molecular complexity index is 742. The number of hydrogen-bond donors (Lipinski definition) is 2. The van der Waals surface area contributed by atoms with Gasteiger partial charge in [-0.05, 0) is 37.5 Å². The van der Waals surface area contributed by atoms with Crippen LogP contribution in [-0.4, -0.2) is 28.5 Å². The van der Waals surface area contributed by atoms with Crippen LogP contribution in [0.2, 0.25) is 0 Å². The summed E-state index contributed by atoms with van der Waals surface area (Å²) in [4.78, 5) is 18.7. The van der Waals surface area contributed by atoms with Crippen molar-refractivity contribution in [1.29, 1.82) is 0 Å². The maximum Gasteiger partial charge on any atom is 0.325 e. The zero-order valence-electron chi connectivity index (χ0n) is 14.4. The van der Waals surface area contributed by atoms with E-state index in [9.17, 15) is 9.18 Å². The highest BCUT2D eigenvalue weighted by Gasteiger charge is 2.17. The van der Waals surface area contributed by atoms with Gasteiger partial charge in [0, 0.05) is 30.5 Å². The van der Waals surface area contributed by atoms with Gasteiger partial charge >= 0.3 is 6.03 Å². The van der Waals surface area contributed by atoms with Crippen molar-refractivity contribution in [2.45, 2.75) is 39.0 Å². The van der Waals surface area contributed by atoms with Gasteiger partial charge in [-0.25, -0.2) is 14.2 Å². The molecule has 1 aliphatic heterocycles. The van der Waals surface area contributed by atoms with Crippen LogP contribution in [0.4, 0.5) is 25.7 Å². The van der Waals surface area contributed by atoms with Gasteiger partial charge in [-0.2, -0.15) is 4.37 Å². The van der Waals surface area contributed by atoms with Crippen molar-refractivity contribution in [2.75, 3.05) is 28.6 Å². The number of nitrogens with zero attached hydrogens (tertiary/aromatic N) is 3. The Morgan fingerprint density at radius 2 is 2.00 bits per heavy atom. The molecule has 2 amide bonds. The Hall–Kier alpha value is -2.22. The Morgan fingerprint density at radius 3 is 2.68 bits per heavy atom. The van der Waals surface area contributed by atoms with E-state index >= 15 is 0 Å². The first-order valence-corrected chi connectivity index (χ1v) is 9.26. The number of benzene rings is 1. The number of carbonyl (C=O) groups excluding carboxylic acids is 1. The molecule has 1 aliphatic rings. The van der Waals surface area contributed by atoms with Gasteiger partial charge in [-0.3, -0.25) is 5.32 Å². The number of anilines is 3. The number of carbonyl (C=O) groups is 1. The summed E-state index contributed by atoms with van der Waals surface area (Å²) in [7, 11) is 0. The van der Waals surface area contributed by atoms with E-state index in [0.717, 1.165) is 43.2 Å². The lowest BCUT2D eigenvalue weighted by Gasteiger charge is -2.30. The van der Waals surface area contributed by atoms with E-state index in [-0.39, 0.29) is 11.7 Å². The smallest absolute Gasteiger partial charge is 0.325 e. The molecular formula is C17H22FN5OS. The molecule has 2 N–H and O–H groups in total. The standard InChI is InChI=1S/C17H22FN5OS/c1-11(2)15-20-17(25-22-15)21-16(24)19-13-7-6-12(18)10-14(13)23-8-4-3-5-9-23/h6-7,10-11H,3-5,8-9H2,1-2H3,(H2,19,20,21,22,24). The van der Waals surface area contributed by atoms with Gasteiger partial charge in [0.15, 0.2) is 0 Å². The number of aromatic nitrogens is 2. The molecule has 2 heterocycles. The van der Waals surface area contributed by atoms with E-state index < -0.39 is 6.03 Å². The van der Waals surface area contributed by atoms with Crippen molar-refractivity contribution in [3.8, 4) is 0 Å². The minimum absolute atomic E-state index is 0.206. The third-order valence-electron chi connectivity index (χ3n) is 4.08. The minimum atomic E-state index is -0.406. The summed E-state index contributed by atoms with van der Waals surface area (Å²) in [6, 6.07) is 4.02. The molecule has 8 heteroatoms. The third kappa shape index (κ3) is 4.45. The van der Waals surface area contributed by atoms with Crippen LogP contribution >= 0.6 is 11.5 Å². The maximum atomic E-state index is 13.7. The van der Waals surface area contributed by atoms with Crippen LogP contribution in [0.25, 0.3) is 0 Å². The molecule has 25 heavy (non-hydrogen) atoms. The summed E-state index contributed by atoms with van der Waals surface area (Å²) in [5.41, 5.74) is 1.31. The third-order valence-corrected chi connectivity index (χ3v) is 4.73. The van der Waals surface area contributed by atoms with Crippen molar-refractivity contribution in [3.05, 3.63) is 29.8 Å². The fraction of sp³-hybridized carbons (Fsp3) is 0.471. The molecule has 0 radical (unpaired) electrons. The summed E-state index contributed by atoms with van der Waals surface area (Å²) >= 11 is 1.15. The van der Waals surface area contributed by atoms with Gasteiger partial charge in [0.1, 0.15) is 11.6 Å². The highest BCUT2D eigenvalue weighted by Crippen LogP contribution is 2.29. The number of hydrogen-bond acceptors (Lipinski definition) is 5. The normalized spacial score (nSPS) is 14.6. The highest BCUT2D eigenvalue weighted by molar-refractivity contribution is 7.09. The molecule has 1 saturated heterocycles. The monoisotopic (exact) mass is 363 g/mol. The van der Waals surface area contributed by atoms with Crippen LogP contribution in [-0.2, 0) is 0 Å². The molecule has 1 aromatic heterocycles. The Labute approximate surface area is 150 Å². The predicted molar refractivity (Wildman–Crippen MR) is 99.1 cm³/mol. The van der Waals surface area contributed by atoms with Crippen LogP contribution in [0.5, 0.6) is 0 Å². The Morgan fingerprint density at radius 1 is 1.24 bits per heavy atom. The van der Waals surface area contributed by atoms with Crippen LogP contribution < -0.4 is 15.5 Å². The first-order chi connectivity index (χ1) is 12.0. The van der Waals surface area contributed by atoms with Crippen LogP contribution in [0, 0.1) is 5.82 Å². The van der Waals surface area contributed by atoms with Gasteiger partial charge in [0.25, 0.3) is 0 Å². The zero-order chi connectivity index (χ0) is 17.8. The van der Waals surface area contributed by atoms with Crippen molar-refractivity contribution < 1.29 is 9.18 Å². The summed E-state index contributed by atoms with van der Waals surface area (Å²) < 4.78 is 17.9. The van der Waals surface area contributed by atoms with Gasteiger partial charge in [-0.1, -0.05) is 13.8 Å².